The van der Waals surface area contributed by atoms with Gasteiger partial charge in [-0.3, -0.25) is 4.79 Å². The van der Waals surface area contributed by atoms with E-state index in [1.807, 2.05) is 29.6 Å². The van der Waals surface area contributed by atoms with Gasteiger partial charge in [0.2, 0.25) is 0 Å². The predicted octanol–water partition coefficient (Wildman–Crippen LogP) is 2.29. The van der Waals surface area contributed by atoms with Crippen LogP contribution in [0.15, 0.2) is 10.8 Å². The normalized spacial score (nSPS) is 15.8. The van der Waals surface area contributed by atoms with Crippen LogP contribution in [-0.4, -0.2) is 23.9 Å². The van der Waals surface area contributed by atoms with Crippen LogP contribution in [0.2, 0.25) is 0 Å². The molecule has 0 bridgehead atoms. The van der Waals surface area contributed by atoms with Gasteiger partial charge in [-0.1, -0.05) is 0 Å². The summed E-state index contributed by atoms with van der Waals surface area (Å²) in [5.41, 5.74) is 1.97. The minimum Gasteiger partial charge on any atom is -0.339 e. The van der Waals surface area contributed by atoms with E-state index in [0.717, 1.165) is 11.1 Å². The molecule has 1 saturated carbocycles. The fraction of sp³-hybridized carbons (Fsp3) is 0.500. The molecular formula is C10H13NOS. The van der Waals surface area contributed by atoms with Gasteiger partial charge in [0.05, 0.1) is 5.56 Å². The van der Waals surface area contributed by atoms with Crippen molar-refractivity contribution in [3.8, 4) is 0 Å². The van der Waals surface area contributed by atoms with Crippen molar-refractivity contribution in [2.45, 2.75) is 25.8 Å². The van der Waals surface area contributed by atoms with Crippen molar-refractivity contribution in [3.63, 3.8) is 0 Å². The molecule has 0 saturated heterocycles. The molecule has 0 aliphatic heterocycles. The number of thiophene rings is 1. The molecule has 0 spiro atoms. The summed E-state index contributed by atoms with van der Waals surface area (Å²) in [5.74, 6) is 0.182. The molecule has 1 fully saturated rings. The van der Waals surface area contributed by atoms with E-state index < -0.39 is 0 Å². The summed E-state index contributed by atoms with van der Waals surface area (Å²) in [5, 5.41) is 3.96. The second-order valence-corrected chi connectivity index (χ2v) is 4.36. The lowest BCUT2D eigenvalue weighted by Gasteiger charge is -2.15. The number of aryl methyl sites for hydroxylation is 1. The van der Waals surface area contributed by atoms with Crippen LogP contribution in [0.4, 0.5) is 0 Å². The topological polar surface area (TPSA) is 20.3 Å². The molecule has 0 unspecified atom stereocenters. The maximum atomic E-state index is 11.8. The molecule has 1 amide bonds. The largest absolute Gasteiger partial charge is 0.339 e. The average Bonchev–Trinajstić information content (AvgIpc) is 2.87. The van der Waals surface area contributed by atoms with Crippen LogP contribution >= 0.6 is 11.3 Å². The highest BCUT2D eigenvalue weighted by Gasteiger charge is 2.30. The molecule has 2 rings (SSSR count). The Morgan fingerprint density at radius 3 is 2.69 bits per heavy atom. The van der Waals surface area contributed by atoms with Gasteiger partial charge >= 0.3 is 0 Å². The minimum atomic E-state index is 0.182. The molecule has 3 heteroatoms. The molecule has 1 heterocycles. The van der Waals surface area contributed by atoms with Crippen LogP contribution in [0.5, 0.6) is 0 Å². The summed E-state index contributed by atoms with van der Waals surface area (Å²) in [4.78, 5) is 13.7. The van der Waals surface area contributed by atoms with Crippen LogP contribution in [0, 0.1) is 6.92 Å². The van der Waals surface area contributed by atoms with Gasteiger partial charge in [-0.25, -0.2) is 0 Å². The van der Waals surface area contributed by atoms with E-state index in [1.165, 1.54) is 12.8 Å². The lowest BCUT2D eigenvalue weighted by Crippen LogP contribution is -2.28. The average molecular weight is 195 g/mol. The van der Waals surface area contributed by atoms with E-state index in [0.29, 0.717) is 6.04 Å². The number of nitrogens with zero attached hydrogens (tertiary/aromatic N) is 1. The van der Waals surface area contributed by atoms with Crippen molar-refractivity contribution in [3.05, 3.63) is 21.9 Å². The van der Waals surface area contributed by atoms with Crippen molar-refractivity contribution in [1.82, 2.24) is 4.90 Å². The van der Waals surface area contributed by atoms with Gasteiger partial charge in [-0.15, -0.1) is 0 Å². The van der Waals surface area contributed by atoms with E-state index in [4.69, 9.17) is 0 Å². The Labute approximate surface area is 82.2 Å². The SMILES string of the molecule is Cc1cscc1C(=O)N(C)C1CC1. The van der Waals surface area contributed by atoms with E-state index >= 15 is 0 Å². The van der Waals surface area contributed by atoms with Crippen molar-refractivity contribution in [2.24, 2.45) is 0 Å². The zero-order valence-electron chi connectivity index (χ0n) is 7.91. The summed E-state index contributed by atoms with van der Waals surface area (Å²) in [6.07, 6.45) is 2.34. The van der Waals surface area contributed by atoms with Gasteiger partial charge in [0.15, 0.2) is 0 Å². The molecule has 0 N–H and O–H groups in total. The van der Waals surface area contributed by atoms with Crippen LogP contribution in [-0.2, 0) is 0 Å². The molecule has 1 aliphatic rings. The Balaban J connectivity index is 2.16. The van der Waals surface area contributed by atoms with Crippen LogP contribution < -0.4 is 0 Å². The summed E-state index contributed by atoms with van der Waals surface area (Å²) in [6, 6.07) is 0.506. The van der Waals surface area contributed by atoms with Gasteiger partial charge in [0.1, 0.15) is 0 Å². The molecule has 70 valence electrons. The Morgan fingerprint density at radius 2 is 2.23 bits per heavy atom. The first kappa shape index (κ1) is 8.75. The van der Waals surface area contributed by atoms with Gasteiger partial charge < -0.3 is 4.90 Å². The Morgan fingerprint density at radius 1 is 1.54 bits per heavy atom. The highest BCUT2D eigenvalue weighted by Crippen LogP contribution is 2.27. The maximum Gasteiger partial charge on any atom is 0.254 e. The number of hydrogen-bond donors (Lipinski definition) is 0. The Hall–Kier alpha value is -0.830. The van der Waals surface area contributed by atoms with E-state index in [-0.39, 0.29) is 5.91 Å². The lowest BCUT2D eigenvalue weighted by molar-refractivity contribution is 0.0785. The first-order chi connectivity index (χ1) is 6.20. The maximum absolute atomic E-state index is 11.8. The second-order valence-electron chi connectivity index (χ2n) is 3.62. The molecule has 1 aromatic heterocycles. The second kappa shape index (κ2) is 3.14. The number of carbonyl (C=O) groups is 1. The third-order valence-corrected chi connectivity index (χ3v) is 3.36. The summed E-state index contributed by atoms with van der Waals surface area (Å²) >= 11 is 1.60. The van der Waals surface area contributed by atoms with Gasteiger partial charge in [0, 0.05) is 18.5 Å². The first-order valence-corrected chi connectivity index (χ1v) is 5.44. The molecular weight excluding hydrogens is 182 g/mol. The molecule has 0 radical (unpaired) electrons. The zero-order valence-corrected chi connectivity index (χ0v) is 8.73. The lowest BCUT2D eigenvalue weighted by atomic mass is 10.2. The molecule has 13 heavy (non-hydrogen) atoms. The van der Waals surface area contributed by atoms with Crippen LogP contribution in [0.25, 0.3) is 0 Å². The van der Waals surface area contributed by atoms with Gasteiger partial charge in [-0.2, -0.15) is 11.3 Å². The Bertz CT molecular complexity index is 327. The monoisotopic (exact) mass is 195 g/mol. The summed E-state index contributed by atoms with van der Waals surface area (Å²) < 4.78 is 0. The van der Waals surface area contributed by atoms with Crippen molar-refractivity contribution < 1.29 is 4.79 Å². The molecule has 1 aromatic rings. The number of carbonyl (C=O) groups excluding carboxylic acids is 1. The van der Waals surface area contributed by atoms with Crippen LogP contribution in [0.1, 0.15) is 28.8 Å². The molecule has 1 aliphatic carbocycles. The minimum absolute atomic E-state index is 0.182. The third kappa shape index (κ3) is 1.61. The predicted molar refractivity (Wildman–Crippen MR) is 54.2 cm³/mol. The standard InChI is InChI=1S/C10H13NOS/c1-7-5-13-6-9(7)10(12)11(2)8-3-4-8/h5-6,8H,3-4H2,1-2H3. The van der Waals surface area contributed by atoms with E-state index in [9.17, 15) is 4.79 Å². The highest BCUT2D eigenvalue weighted by atomic mass is 32.1. The van der Waals surface area contributed by atoms with Gasteiger partial charge in [0.25, 0.3) is 5.91 Å². The quantitative estimate of drug-likeness (QED) is 0.709. The smallest absolute Gasteiger partial charge is 0.254 e. The van der Waals surface area contributed by atoms with Crippen molar-refractivity contribution in [2.75, 3.05) is 7.05 Å². The molecule has 0 atom stereocenters. The zero-order chi connectivity index (χ0) is 9.42. The fourth-order valence-electron chi connectivity index (χ4n) is 1.40. The van der Waals surface area contributed by atoms with Crippen LogP contribution in [0.3, 0.4) is 0 Å². The summed E-state index contributed by atoms with van der Waals surface area (Å²) in [6.45, 7) is 1.99. The summed E-state index contributed by atoms with van der Waals surface area (Å²) in [7, 11) is 1.90. The van der Waals surface area contributed by atoms with E-state index in [1.54, 1.807) is 11.3 Å². The number of hydrogen-bond acceptors (Lipinski definition) is 2. The van der Waals surface area contributed by atoms with Crippen molar-refractivity contribution in [1.29, 1.82) is 0 Å². The van der Waals surface area contributed by atoms with E-state index in [2.05, 4.69) is 0 Å². The number of amides is 1. The number of rotatable bonds is 2. The first-order valence-electron chi connectivity index (χ1n) is 4.50. The highest BCUT2D eigenvalue weighted by molar-refractivity contribution is 7.08. The van der Waals surface area contributed by atoms with Gasteiger partial charge in [-0.05, 0) is 30.7 Å². The fourth-order valence-corrected chi connectivity index (χ4v) is 2.22. The molecule has 0 aromatic carbocycles. The van der Waals surface area contributed by atoms with Crippen molar-refractivity contribution >= 4 is 17.2 Å². The Kier molecular flexibility index (Phi) is 2.12. The molecule has 2 nitrogen and oxygen atoms in total. The third-order valence-electron chi connectivity index (χ3n) is 2.50.